The van der Waals surface area contributed by atoms with Crippen LogP contribution in [0.15, 0.2) is 36.4 Å². The molecule has 1 aliphatic heterocycles. The lowest BCUT2D eigenvalue weighted by Crippen LogP contribution is -2.50. The van der Waals surface area contributed by atoms with Crippen LogP contribution >= 0.6 is 0 Å². The average Bonchev–Trinajstić information content (AvgIpc) is 2.66. The lowest BCUT2D eigenvalue weighted by atomic mass is 10.1. The molecule has 144 valence electrons. The predicted octanol–water partition coefficient (Wildman–Crippen LogP) is 3.67. The number of amides is 2. The Balaban J connectivity index is 1.64. The first-order valence-electron chi connectivity index (χ1n) is 9.11. The largest absolute Gasteiger partial charge is 0.497 e. The molecule has 2 amide bonds. The molecule has 0 radical (unpaired) electrons. The van der Waals surface area contributed by atoms with Gasteiger partial charge in [-0.1, -0.05) is 6.07 Å². The van der Waals surface area contributed by atoms with E-state index in [0.717, 1.165) is 47.1 Å². The van der Waals surface area contributed by atoms with E-state index in [1.807, 2.05) is 49.1 Å². The molecule has 1 N–H and O–H groups in total. The Hall–Kier alpha value is -2.89. The van der Waals surface area contributed by atoms with E-state index in [2.05, 4.69) is 16.3 Å². The summed E-state index contributed by atoms with van der Waals surface area (Å²) in [4.78, 5) is 16.7. The van der Waals surface area contributed by atoms with Crippen LogP contribution in [0.2, 0.25) is 0 Å². The van der Waals surface area contributed by atoms with Crippen LogP contribution in [0, 0.1) is 13.8 Å². The van der Waals surface area contributed by atoms with Crippen molar-refractivity contribution in [2.75, 3.05) is 50.6 Å². The molecule has 0 aliphatic carbocycles. The second kappa shape index (κ2) is 8.20. The number of carbonyl (C=O) groups is 1. The summed E-state index contributed by atoms with van der Waals surface area (Å²) in [7, 11) is 3.32. The van der Waals surface area contributed by atoms with Crippen LogP contribution in [0.3, 0.4) is 0 Å². The number of anilines is 2. The van der Waals surface area contributed by atoms with Crippen LogP contribution in [0.4, 0.5) is 16.2 Å². The van der Waals surface area contributed by atoms with E-state index in [1.54, 1.807) is 14.2 Å². The number of hydrogen-bond donors (Lipinski definition) is 1. The van der Waals surface area contributed by atoms with Gasteiger partial charge in [0.25, 0.3) is 0 Å². The Morgan fingerprint density at radius 1 is 0.926 bits per heavy atom. The number of hydrogen-bond acceptors (Lipinski definition) is 4. The number of rotatable bonds is 4. The van der Waals surface area contributed by atoms with E-state index in [0.29, 0.717) is 13.1 Å². The van der Waals surface area contributed by atoms with Gasteiger partial charge in [0.1, 0.15) is 11.5 Å². The summed E-state index contributed by atoms with van der Waals surface area (Å²) in [5, 5.41) is 3.01. The molecule has 0 unspecified atom stereocenters. The van der Waals surface area contributed by atoms with Crippen LogP contribution in [0.1, 0.15) is 11.1 Å². The highest BCUT2D eigenvalue weighted by Crippen LogP contribution is 2.32. The van der Waals surface area contributed by atoms with Crippen molar-refractivity contribution in [2.45, 2.75) is 13.8 Å². The van der Waals surface area contributed by atoms with Crippen molar-refractivity contribution in [2.24, 2.45) is 0 Å². The molecule has 0 bridgehead atoms. The van der Waals surface area contributed by atoms with E-state index < -0.39 is 0 Å². The highest BCUT2D eigenvalue weighted by atomic mass is 16.5. The quantitative estimate of drug-likeness (QED) is 0.893. The van der Waals surface area contributed by atoms with Gasteiger partial charge in [-0.2, -0.15) is 0 Å². The van der Waals surface area contributed by atoms with E-state index in [4.69, 9.17) is 9.47 Å². The Labute approximate surface area is 160 Å². The molecule has 2 aromatic carbocycles. The van der Waals surface area contributed by atoms with Crippen molar-refractivity contribution >= 4 is 17.4 Å². The molecule has 27 heavy (non-hydrogen) atoms. The molecular weight excluding hydrogens is 342 g/mol. The lowest BCUT2D eigenvalue weighted by Gasteiger charge is -2.36. The van der Waals surface area contributed by atoms with Gasteiger partial charge in [0.2, 0.25) is 0 Å². The Kier molecular flexibility index (Phi) is 5.74. The van der Waals surface area contributed by atoms with Crippen molar-refractivity contribution in [1.29, 1.82) is 0 Å². The molecule has 0 aromatic heterocycles. The number of nitrogens with zero attached hydrogens (tertiary/aromatic N) is 2. The van der Waals surface area contributed by atoms with Crippen molar-refractivity contribution in [3.63, 3.8) is 0 Å². The average molecular weight is 369 g/mol. The van der Waals surface area contributed by atoms with Gasteiger partial charge in [0, 0.05) is 37.9 Å². The molecule has 1 saturated heterocycles. The third-order valence-corrected chi connectivity index (χ3v) is 4.77. The smallest absolute Gasteiger partial charge is 0.321 e. The van der Waals surface area contributed by atoms with Gasteiger partial charge in [-0.25, -0.2) is 4.79 Å². The van der Waals surface area contributed by atoms with E-state index in [1.165, 1.54) is 0 Å². The van der Waals surface area contributed by atoms with Crippen molar-refractivity contribution in [1.82, 2.24) is 4.90 Å². The number of methoxy groups -OCH3 is 2. The van der Waals surface area contributed by atoms with Crippen molar-refractivity contribution < 1.29 is 14.3 Å². The number of aryl methyl sites for hydroxylation is 2. The van der Waals surface area contributed by atoms with Crippen LogP contribution in [0.5, 0.6) is 11.5 Å². The number of benzene rings is 2. The van der Waals surface area contributed by atoms with Gasteiger partial charge in [0.15, 0.2) is 0 Å². The monoisotopic (exact) mass is 369 g/mol. The minimum Gasteiger partial charge on any atom is -0.497 e. The molecule has 2 aromatic rings. The number of urea groups is 1. The Morgan fingerprint density at radius 2 is 1.59 bits per heavy atom. The van der Waals surface area contributed by atoms with E-state index in [-0.39, 0.29) is 6.03 Å². The topological polar surface area (TPSA) is 54.0 Å². The summed E-state index contributed by atoms with van der Waals surface area (Å²) in [6.07, 6.45) is 0. The highest BCUT2D eigenvalue weighted by Gasteiger charge is 2.23. The zero-order chi connectivity index (χ0) is 19.4. The molecule has 0 spiro atoms. The summed E-state index contributed by atoms with van der Waals surface area (Å²) in [6, 6.07) is 11.8. The van der Waals surface area contributed by atoms with Crippen molar-refractivity contribution in [3.05, 3.63) is 47.5 Å². The fourth-order valence-electron chi connectivity index (χ4n) is 3.44. The van der Waals surface area contributed by atoms with Gasteiger partial charge in [-0.05, 0) is 49.2 Å². The minimum atomic E-state index is -0.0581. The number of nitrogens with one attached hydrogen (secondary N) is 1. The second-order valence-electron chi connectivity index (χ2n) is 6.82. The Morgan fingerprint density at radius 3 is 2.19 bits per heavy atom. The van der Waals surface area contributed by atoms with Crippen LogP contribution in [-0.4, -0.2) is 51.3 Å². The molecule has 1 heterocycles. The molecular formula is C21H27N3O3. The molecule has 1 fully saturated rings. The standard InChI is InChI=1S/C21H27N3O3/c1-15-11-16(2)13-17(12-15)22-21(25)24-9-7-23(8-10-24)19-14-18(26-3)5-6-20(19)27-4/h5-6,11-14H,7-10H2,1-4H3,(H,22,25). The summed E-state index contributed by atoms with van der Waals surface area (Å²) >= 11 is 0. The third kappa shape index (κ3) is 4.45. The summed E-state index contributed by atoms with van der Waals surface area (Å²) in [6.45, 7) is 6.84. The number of ether oxygens (including phenoxy) is 2. The van der Waals surface area contributed by atoms with Crippen LogP contribution < -0.4 is 19.7 Å². The third-order valence-electron chi connectivity index (χ3n) is 4.77. The summed E-state index contributed by atoms with van der Waals surface area (Å²) < 4.78 is 10.8. The zero-order valence-corrected chi connectivity index (χ0v) is 16.4. The fourth-order valence-corrected chi connectivity index (χ4v) is 3.44. The van der Waals surface area contributed by atoms with Gasteiger partial charge in [0.05, 0.1) is 19.9 Å². The first kappa shape index (κ1) is 18.9. The molecule has 3 rings (SSSR count). The molecule has 0 atom stereocenters. The molecule has 6 heteroatoms. The lowest BCUT2D eigenvalue weighted by molar-refractivity contribution is 0.208. The Bertz CT molecular complexity index is 794. The summed E-state index contributed by atoms with van der Waals surface area (Å²) in [5.41, 5.74) is 4.11. The maximum atomic E-state index is 12.6. The first-order chi connectivity index (χ1) is 13.0. The second-order valence-corrected chi connectivity index (χ2v) is 6.82. The summed E-state index contributed by atoms with van der Waals surface area (Å²) in [5.74, 6) is 1.60. The SMILES string of the molecule is COc1ccc(OC)c(N2CCN(C(=O)Nc3cc(C)cc(C)c3)CC2)c1. The van der Waals surface area contributed by atoms with E-state index in [9.17, 15) is 4.79 Å². The van der Waals surface area contributed by atoms with Crippen LogP contribution in [-0.2, 0) is 0 Å². The van der Waals surface area contributed by atoms with Gasteiger partial charge in [-0.15, -0.1) is 0 Å². The molecule has 0 saturated carbocycles. The first-order valence-corrected chi connectivity index (χ1v) is 9.11. The normalized spacial score (nSPS) is 14.1. The fraction of sp³-hybridized carbons (Fsp3) is 0.381. The maximum Gasteiger partial charge on any atom is 0.321 e. The zero-order valence-electron chi connectivity index (χ0n) is 16.4. The highest BCUT2D eigenvalue weighted by molar-refractivity contribution is 5.89. The minimum absolute atomic E-state index is 0.0581. The predicted molar refractivity (Wildman–Crippen MR) is 108 cm³/mol. The van der Waals surface area contributed by atoms with Gasteiger partial charge in [-0.3, -0.25) is 0 Å². The molecule has 6 nitrogen and oxygen atoms in total. The number of piperazine rings is 1. The van der Waals surface area contributed by atoms with Gasteiger partial charge >= 0.3 is 6.03 Å². The number of carbonyl (C=O) groups excluding carboxylic acids is 1. The van der Waals surface area contributed by atoms with Crippen molar-refractivity contribution in [3.8, 4) is 11.5 Å². The molecule has 1 aliphatic rings. The van der Waals surface area contributed by atoms with Gasteiger partial charge < -0.3 is 24.6 Å². The van der Waals surface area contributed by atoms with E-state index >= 15 is 0 Å². The maximum absolute atomic E-state index is 12.6. The van der Waals surface area contributed by atoms with Crippen LogP contribution in [0.25, 0.3) is 0 Å².